The fraction of sp³-hybridized carbons (Fsp3) is 0.375. The average molecular weight is 424 g/mol. The van der Waals surface area contributed by atoms with Crippen LogP contribution >= 0.6 is 0 Å². The van der Waals surface area contributed by atoms with Gasteiger partial charge in [0.2, 0.25) is 11.8 Å². The molecule has 164 valence electrons. The van der Waals surface area contributed by atoms with Gasteiger partial charge in [-0.15, -0.1) is 0 Å². The van der Waals surface area contributed by atoms with E-state index in [-0.39, 0.29) is 30.7 Å². The number of rotatable bonds is 10. The van der Waals surface area contributed by atoms with Gasteiger partial charge < -0.3 is 14.8 Å². The molecule has 2 aromatic rings. The molecule has 0 spiro atoms. The minimum Gasteiger partial charge on any atom is -0.497 e. The quantitative estimate of drug-likeness (QED) is 0.595. The van der Waals surface area contributed by atoms with E-state index in [1.807, 2.05) is 54.6 Å². The summed E-state index contributed by atoms with van der Waals surface area (Å²) in [5.74, 6) is 0.449. The van der Waals surface area contributed by atoms with Crippen LogP contribution in [0.15, 0.2) is 59.7 Å². The normalized spacial score (nSPS) is 15.5. The third-order valence-corrected chi connectivity index (χ3v) is 5.19. The highest BCUT2D eigenvalue weighted by Crippen LogP contribution is 2.34. The van der Waals surface area contributed by atoms with Crippen LogP contribution in [0.3, 0.4) is 0 Å². The number of nitrogens with zero attached hydrogens (tertiary/aromatic N) is 2. The Bertz CT molecular complexity index is 897. The van der Waals surface area contributed by atoms with E-state index in [1.165, 1.54) is 5.01 Å². The van der Waals surface area contributed by atoms with Gasteiger partial charge in [0.05, 0.1) is 18.9 Å². The molecule has 2 aromatic carbocycles. The Balaban J connectivity index is 1.70. The highest BCUT2D eigenvalue weighted by atomic mass is 16.5. The second kappa shape index (κ2) is 11.3. The first-order valence-electron chi connectivity index (χ1n) is 10.5. The Morgan fingerprint density at radius 3 is 2.48 bits per heavy atom. The van der Waals surface area contributed by atoms with Gasteiger partial charge in [-0.1, -0.05) is 42.5 Å². The smallest absolute Gasteiger partial charge is 0.243 e. The van der Waals surface area contributed by atoms with Crippen molar-refractivity contribution in [3.8, 4) is 5.75 Å². The van der Waals surface area contributed by atoms with Crippen LogP contribution in [-0.2, 0) is 14.3 Å². The molecule has 1 aliphatic rings. The molecule has 7 nitrogen and oxygen atoms in total. The number of hydrogen-bond donors (Lipinski definition) is 1. The van der Waals surface area contributed by atoms with E-state index in [0.717, 1.165) is 29.0 Å². The maximum absolute atomic E-state index is 13.0. The van der Waals surface area contributed by atoms with E-state index in [9.17, 15) is 9.59 Å². The zero-order valence-corrected chi connectivity index (χ0v) is 18.0. The first kappa shape index (κ1) is 22.5. The van der Waals surface area contributed by atoms with Crippen molar-refractivity contribution in [3.05, 3.63) is 65.7 Å². The van der Waals surface area contributed by atoms with Crippen LogP contribution in [0, 0.1) is 0 Å². The van der Waals surface area contributed by atoms with E-state index in [0.29, 0.717) is 19.6 Å². The second-order valence-corrected chi connectivity index (χ2v) is 7.34. The topological polar surface area (TPSA) is 80.2 Å². The molecule has 1 heterocycles. The number of benzene rings is 2. The third kappa shape index (κ3) is 6.15. The van der Waals surface area contributed by atoms with Crippen molar-refractivity contribution in [3.63, 3.8) is 0 Å². The zero-order chi connectivity index (χ0) is 22.1. The predicted molar refractivity (Wildman–Crippen MR) is 119 cm³/mol. The van der Waals surface area contributed by atoms with Gasteiger partial charge >= 0.3 is 0 Å². The molecule has 0 aliphatic carbocycles. The summed E-state index contributed by atoms with van der Waals surface area (Å²) in [6.07, 6.45) is 1.60. The molecule has 1 N–H and O–H groups in total. The Morgan fingerprint density at radius 2 is 1.81 bits per heavy atom. The van der Waals surface area contributed by atoms with Gasteiger partial charge in [-0.2, -0.15) is 5.10 Å². The van der Waals surface area contributed by atoms with Crippen molar-refractivity contribution in [1.82, 2.24) is 10.3 Å². The maximum Gasteiger partial charge on any atom is 0.243 e. The third-order valence-electron chi connectivity index (χ3n) is 5.19. The molecule has 31 heavy (non-hydrogen) atoms. The van der Waals surface area contributed by atoms with Gasteiger partial charge in [0, 0.05) is 39.5 Å². The van der Waals surface area contributed by atoms with Gasteiger partial charge in [0.1, 0.15) is 5.75 Å². The first-order chi connectivity index (χ1) is 15.1. The molecule has 7 heteroatoms. The number of carbonyl (C=O) groups is 2. The van der Waals surface area contributed by atoms with Gasteiger partial charge in [-0.05, 0) is 29.7 Å². The first-order valence-corrected chi connectivity index (χ1v) is 10.5. The summed E-state index contributed by atoms with van der Waals surface area (Å²) in [5.41, 5.74) is 2.83. The Kier molecular flexibility index (Phi) is 8.18. The zero-order valence-electron chi connectivity index (χ0n) is 18.0. The van der Waals surface area contributed by atoms with Crippen molar-refractivity contribution >= 4 is 17.5 Å². The van der Waals surface area contributed by atoms with Crippen LogP contribution in [-0.4, -0.2) is 49.9 Å². The second-order valence-electron chi connectivity index (χ2n) is 7.34. The van der Waals surface area contributed by atoms with Crippen molar-refractivity contribution in [1.29, 1.82) is 0 Å². The lowest BCUT2D eigenvalue weighted by molar-refractivity contribution is -0.135. The molecular formula is C24H29N3O4. The van der Waals surface area contributed by atoms with Crippen molar-refractivity contribution in [2.45, 2.75) is 31.7 Å². The highest BCUT2D eigenvalue weighted by Gasteiger charge is 2.33. The summed E-state index contributed by atoms with van der Waals surface area (Å²) in [6, 6.07) is 17.3. The van der Waals surface area contributed by atoms with Crippen molar-refractivity contribution in [2.75, 3.05) is 27.4 Å². The standard InChI is InChI=1S/C24H29N3O4/c1-30-16-6-15-25-23(28)13-14-24(29)27-22(19-9-11-20(31-2)12-10-19)17-21(26-27)18-7-4-3-5-8-18/h3-5,7-12,22H,6,13-17H2,1-2H3,(H,25,28). The Labute approximate surface area is 183 Å². The summed E-state index contributed by atoms with van der Waals surface area (Å²) in [5, 5.41) is 8.99. The van der Waals surface area contributed by atoms with Crippen LogP contribution in [0.2, 0.25) is 0 Å². The molecule has 3 rings (SSSR count). The minimum atomic E-state index is -0.210. The van der Waals surface area contributed by atoms with E-state index >= 15 is 0 Å². The molecule has 1 unspecified atom stereocenters. The Morgan fingerprint density at radius 1 is 1.06 bits per heavy atom. The SMILES string of the molecule is COCCCNC(=O)CCC(=O)N1N=C(c2ccccc2)CC1c1ccc(OC)cc1. The molecular weight excluding hydrogens is 394 g/mol. The number of hydrazone groups is 1. The molecule has 0 bridgehead atoms. The summed E-state index contributed by atoms with van der Waals surface area (Å²) < 4.78 is 10.2. The van der Waals surface area contributed by atoms with E-state index in [4.69, 9.17) is 9.47 Å². The van der Waals surface area contributed by atoms with Gasteiger partial charge in [0.25, 0.3) is 0 Å². The van der Waals surface area contributed by atoms with Crippen molar-refractivity contribution in [2.24, 2.45) is 5.10 Å². The lowest BCUT2D eigenvalue weighted by Gasteiger charge is -2.22. The molecule has 2 amide bonds. The van der Waals surface area contributed by atoms with Crippen LogP contribution in [0.1, 0.15) is 42.9 Å². The van der Waals surface area contributed by atoms with Gasteiger partial charge in [0.15, 0.2) is 0 Å². The largest absolute Gasteiger partial charge is 0.497 e. The number of methoxy groups -OCH3 is 2. The highest BCUT2D eigenvalue weighted by molar-refractivity contribution is 6.03. The summed E-state index contributed by atoms with van der Waals surface area (Å²) >= 11 is 0. The van der Waals surface area contributed by atoms with Crippen molar-refractivity contribution < 1.29 is 19.1 Å². The summed E-state index contributed by atoms with van der Waals surface area (Å²) in [7, 11) is 3.25. The average Bonchev–Trinajstić information content (AvgIpc) is 3.26. The molecule has 0 radical (unpaired) electrons. The minimum absolute atomic E-state index is 0.105. The van der Waals surface area contributed by atoms with E-state index < -0.39 is 0 Å². The fourth-order valence-corrected chi connectivity index (χ4v) is 3.50. The van der Waals surface area contributed by atoms with Crippen LogP contribution < -0.4 is 10.1 Å². The predicted octanol–water partition coefficient (Wildman–Crippen LogP) is 3.31. The monoisotopic (exact) mass is 423 g/mol. The summed E-state index contributed by atoms with van der Waals surface area (Å²) in [4.78, 5) is 25.1. The Hall–Kier alpha value is -3.19. The maximum atomic E-state index is 13.0. The fourth-order valence-electron chi connectivity index (χ4n) is 3.50. The van der Waals surface area contributed by atoms with E-state index in [2.05, 4.69) is 10.4 Å². The number of carbonyl (C=O) groups excluding carboxylic acids is 2. The molecule has 0 fully saturated rings. The molecule has 1 aliphatic heterocycles. The van der Waals surface area contributed by atoms with Gasteiger partial charge in [-0.3, -0.25) is 9.59 Å². The number of amides is 2. The van der Waals surface area contributed by atoms with Gasteiger partial charge in [-0.25, -0.2) is 5.01 Å². The molecule has 1 atom stereocenters. The molecule has 0 saturated heterocycles. The summed E-state index contributed by atoms with van der Waals surface area (Å²) in [6.45, 7) is 1.13. The van der Waals surface area contributed by atoms with E-state index in [1.54, 1.807) is 14.2 Å². The number of nitrogens with one attached hydrogen (secondary N) is 1. The molecule has 0 aromatic heterocycles. The number of ether oxygens (including phenoxy) is 2. The lowest BCUT2D eigenvalue weighted by Crippen LogP contribution is -2.30. The van der Waals surface area contributed by atoms with Crippen LogP contribution in [0.4, 0.5) is 0 Å². The molecule has 0 saturated carbocycles. The van der Waals surface area contributed by atoms with Crippen LogP contribution in [0.5, 0.6) is 5.75 Å². The number of hydrogen-bond acceptors (Lipinski definition) is 5. The van der Waals surface area contributed by atoms with Crippen LogP contribution in [0.25, 0.3) is 0 Å². The lowest BCUT2D eigenvalue weighted by atomic mass is 9.98.